The minimum atomic E-state index is 0. The van der Waals surface area contributed by atoms with Crippen LogP contribution in [0.2, 0.25) is 0 Å². The molecule has 0 amide bonds. The second kappa shape index (κ2) is 17.2. The van der Waals surface area contributed by atoms with Crippen LogP contribution in [0, 0.1) is 40.4 Å². The summed E-state index contributed by atoms with van der Waals surface area (Å²) < 4.78 is 0. The van der Waals surface area contributed by atoms with Gasteiger partial charge in [-0.3, -0.25) is 0 Å². The fourth-order valence-electron chi connectivity index (χ4n) is 8.73. The molecule has 0 N–H and O–H groups in total. The van der Waals surface area contributed by atoms with Crippen molar-refractivity contribution in [3.8, 4) is 0 Å². The number of rotatable bonds is 7. The highest BCUT2D eigenvalue weighted by Gasteiger charge is 2.58. The molecular formula is C36H65N. The molecule has 4 aliphatic carbocycles. The predicted molar refractivity (Wildman–Crippen MR) is 171 cm³/mol. The second-order valence-electron chi connectivity index (χ2n) is 11.7. The number of fused-ring (bicyclic) bond motifs is 5. The fraction of sp³-hybridized carbons (Fsp3) is 0.722. The summed E-state index contributed by atoms with van der Waals surface area (Å²) in [6.45, 7) is 30.9. The highest BCUT2D eigenvalue weighted by atomic mass is 15.1. The topological polar surface area (TPSA) is 3.24 Å². The van der Waals surface area contributed by atoms with E-state index in [-0.39, 0.29) is 7.43 Å². The van der Waals surface area contributed by atoms with Gasteiger partial charge in [0.15, 0.2) is 0 Å². The van der Waals surface area contributed by atoms with Gasteiger partial charge in [-0.25, -0.2) is 0 Å². The number of hydrogen-bond acceptors (Lipinski definition) is 1. The third kappa shape index (κ3) is 7.54. The Morgan fingerprint density at radius 1 is 1.00 bits per heavy atom. The first-order valence-electron chi connectivity index (χ1n) is 15.2. The van der Waals surface area contributed by atoms with Crippen LogP contribution < -0.4 is 0 Å². The lowest BCUT2D eigenvalue weighted by atomic mass is 9.44. The van der Waals surface area contributed by atoms with Crippen LogP contribution in [-0.2, 0) is 0 Å². The molecule has 0 aromatic carbocycles. The van der Waals surface area contributed by atoms with Crippen molar-refractivity contribution in [2.45, 2.75) is 120 Å². The minimum Gasteiger partial charge on any atom is -0.355 e. The summed E-state index contributed by atoms with van der Waals surface area (Å²) in [7, 11) is 0. The van der Waals surface area contributed by atoms with Crippen molar-refractivity contribution in [2.24, 2.45) is 40.4 Å². The lowest BCUT2D eigenvalue weighted by Gasteiger charge is -2.61. The number of hydrogen-bond donors (Lipinski definition) is 0. The maximum absolute atomic E-state index is 4.00. The van der Waals surface area contributed by atoms with Gasteiger partial charge in [0, 0.05) is 6.54 Å². The molecule has 0 saturated heterocycles. The Labute approximate surface area is 234 Å². The smallest absolute Gasteiger partial charge is 0.0256 e. The van der Waals surface area contributed by atoms with E-state index in [2.05, 4.69) is 83.8 Å². The highest BCUT2D eigenvalue weighted by Crippen LogP contribution is 2.67. The van der Waals surface area contributed by atoms with Gasteiger partial charge in [-0.15, -0.1) is 26.3 Å². The monoisotopic (exact) mass is 512 g/mol. The maximum atomic E-state index is 4.00. The summed E-state index contributed by atoms with van der Waals surface area (Å²) in [5.41, 5.74) is 2.87. The molecule has 37 heavy (non-hydrogen) atoms. The Kier molecular flexibility index (Phi) is 16.5. The summed E-state index contributed by atoms with van der Waals surface area (Å²) in [5, 5.41) is 0. The first-order chi connectivity index (χ1) is 17.5. The van der Waals surface area contributed by atoms with E-state index in [1.54, 1.807) is 12.0 Å². The zero-order valence-electron chi connectivity index (χ0n) is 25.2. The normalized spacial score (nSPS) is 35.2. The Hall–Kier alpha value is -1.50. The largest absolute Gasteiger partial charge is 0.355 e. The average Bonchev–Trinajstić information content (AvgIpc) is 3.26. The molecule has 4 rings (SSSR count). The van der Waals surface area contributed by atoms with Gasteiger partial charge in [-0.05, 0) is 118 Å². The lowest BCUT2D eigenvalue weighted by Crippen LogP contribution is -2.53. The van der Waals surface area contributed by atoms with Gasteiger partial charge >= 0.3 is 0 Å². The predicted octanol–water partition coefficient (Wildman–Crippen LogP) is 11.6. The van der Waals surface area contributed by atoms with Gasteiger partial charge in [-0.1, -0.05) is 79.2 Å². The SMILES string of the molecule is C.C=C.C=C.C=CN(/C=C\C)CCC1=CCC2C3CCC4CC(CCC)CCC4(C)C3CCC12C.CC. The zero-order valence-corrected chi connectivity index (χ0v) is 25.2. The van der Waals surface area contributed by atoms with Gasteiger partial charge in [0.05, 0.1) is 0 Å². The van der Waals surface area contributed by atoms with E-state index in [0.29, 0.717) is 10.8 Å². The van der Waals surface area contributed by atoms with Gasteiger partial charge in [0.2, 0.25) is 0 Å². The zero-order chi connectivity index (χ0) is 27.4. The summed E-state index contributed by atoms with van der Waals surface area (Å²) in [5.74, 6) is 4.94. The second-order valence-corrected chi connectivity index (χ2v) is 11.7. The molecule has 7 atom stereocenters. The first-order valence-corrected chi connectivity index (χ1v) is 15.2. The summed E-state index contributed by atoms with van der Waals surface area (Å²) >= 11 is 0. The molecule has 4 aliphatic rings. The van der Waals surface area contributed by atoms with E-state index in [1.165, 1.54) is 64.2 Å². The van der Waals surface area contributed by atoms with Crippen LogP contribution in [-0.4, -0.2) is 11.4 Å². The van der Waals surface area contributed by atoms with E-state index in [9.17, 15) is 0 Å². The number of allylic oxidation sites excluding steroid dienone is 2. The summed E-state index contributed by atoms with van der Waals surface area (Å²) in [6, 6.07) is 0. The molecule has 0 spiro atoms. The third-order valence-corrected chi connectivity index (χ3v) is 10.4. The van der Waals surface area contributed by atoms with Crippen molar-refractivity contribution in [1.82, 2.24) is 4.90 Å². The van der Waals surface area contributed by atoms with Crippen LogP contribution in [0.4, 0.5) is 0 Å². The Morgan fingerprint density at radius 3 is 2.27 bits per heavy atom. The highest BCUT2D eigenvalue weighted by molar-refractivity contribution is 5.26. The van der Waals surface area contributed by atoms with Crippen LogP contribution >= 0.6 is 0 Å². The molecule has 0 bridgehead atoms. The van der Waals surface area contributed by atoms with Gasteiger partial charge < -0.3 is 4.90 Å². The Balaban J connectivity index is 0.00000173. The lowest BCUT2D eigenvalue weighted by molar-refractivity contribution is -0.108. The molecule has 7 unspecified atom stereocenters. The van der Waals surface area contributed by atoms with Crippen molar-refractivity contribution in [3.05, 3.63) is 63.0 Å². The van der Waals surface area contributed by atoms with Crippen LogP contribution in [0.25, 0.3) is 0 Å². The standard InChI is InChI=1S/C29H47N.C2H6.2C2H4.CH4/c1-6-9-22-14-17-29(5)24(21-22)10-12-25-26-13-11-23(16-20-30(8-3)19-7-2)28(26,4)18-15-27(25)29;3*1-2;/h7-8,11,19,22,24-27H,3,6,9-10,12-18,20-21H2,1-2,4-5H3;1-2H3;2*1-2H2;1H4/b19-7-;;;;. The first kappa shape index (κ1) is 35.5. The summed E-state index contributed by atoms with van der Waals surface area (Å²) in [6.07, 6.45) is 24.9. The van der Waals surface area contributed by atoms with Crippen LogP contribution in [0.15, 0.2) is 63.0 Å². The molecule has 1 nitrogen and oxygen atoms in total. The fourth-order valence-corrected chi connectivity index (χ4v) is 8.73. The molecule has 3 fully saturated rings. The van der Waals surface area contributed by atoms with Crippen molar-refractivity contribution in [2.75, 3.05) is 6.54 Å². The molecule has 214 valence electrons. The van der Waals surface area contributed by atoms with Gasteiger partial charge in [0.25, 0.3) is 0 Å². The molecule has 0 heterocycles. The van der Waals surface area contributed by atoms with Crippen molar-refractivity contribution < 1.29 is 0 Å². The van der Waals surface area contributed by atoms with Gasteiger partial charge in [0.1, 0.15) is 0 Å². The Morgan fingerprint density at radius 2 is 1.68 bits per heavy atom. The molecule has 0 aliphatic heterocycles. The molecule has 0 radical (unpaired) electrons. The molecular weight excluding hydrogens is 446 g/mol. The van der Waals surface area contributed by atoms with E-state index in [0.717, 1.165) is 36.1 Å². The quantitative estimate of drug-likeness (QED) is 0.307. The van der Waals surface area contributed by atoms with Crippen molar-refractivity contribution >= 4 is 0 Å². The molecule has 0 aromatic heterocycles. The van der Waals surface area contributed by atoms with Crippen molar-refractivity contribution in [1.29, 1.82) is 0 Å². The van der Waals surface area contributed by atoms with Gasteiger partial charge in [-0.2, -0.15) is 0 Å². The van der Waals surface area contributed by atoms with E-state index >= 15 is 0 Å². The van der Waals surface area contributed by atoms with Crippen LogP contribution in [0.3, 0.4) is 0 Å². The number of nitrogens with zero attached hydrogens (tertiary/aromatic N) is 1. The van der Waals surface area contributed by atoms with E-state index in [4.69, 9.17) is 0 Å². The van der Waals surface area contributed by atoms with Crippen LogP contribution in [0.5, 0.6) is 0 Å². The molecule has 0 aromatic rings. The third-order valence-electron chi connectivity index (χ3n) is 10.4. The van der Waals surface area contributed by atoms with E-state index < -0.39 is 0 Å². The maximum Gasteiger partial charge on any atom is 0.0256 e. The summed E-state index contributed by atoms with van der Waals surface area (Å²) in [4.78, 5) is 2.25. The Bertz CT molecular complexity index is 701. The van der Waals surface area contributed by atoms with Crippen LogP contribution in [0.1, 0.15) is 120 Å². The average molecular weight is 512 g/mol. The minimum absolute atomic E-state index is 0. The van der Waals surface area contributed by atoms with Crippen molar-refractivity contribution in [3.63, 3.8) is 0 Å². The molecule has 1 heteroatoms. The molecule has 3 saturated carbocycles. The van der Waals surface area contributed by atoms with E-state index in [1.807, 2.05) is 20.0 Å².